The van der Waals surface area contributed by atoms with Crippen LogP contribution in [0.25, 0.3) is 0 Å². The fraction of sp³-hybridized carbons (Fsp3) is 0.500. The van der Waals surface area contributed by atoms with Crippen LogP contribution >= 0.6 is 11.8 Å². The smallest absolute Gasteiger partial charge is 0.161 e. The van der Waals surface area contributed by atoms with Gasteiger partial charge in [-0.1, -0.05) is 24.8 Å². The molecule has 0 aliphatic carbocycles. The van der Waals surface area contributed by atoms with E-state index < -0.39 is 0 Å². The summed E-state index contributed by atoms with van der Waals surface area (Å²) in [6.07, 6.45) is 2.44. The highest BCUT2D eigenvalue weighted by atomic mass is 32.2. The topological polar surface area (TPSA) is 33.6 Å². The van der Waals surface area contributed by atoms with E-state index in [1.54, 1.807) is 11.8 Å². The van der Waals surface area contributed by atoms with Crippen LogP contribution in [-0.2, 0) is 0 Å². The van der Waals surface area contributed by atoms with Crippen molar-refractivity contribution < 1.29 is 4.74 Å². The van der Waals surface area contributed by atoms with Crippen molar-refractivity contribution in [3.63, 3.8) is 0 Å². The molecule has 2 rings (SSSR count). The number of thioether (sulfide) groups is 1. The predicted molar refractivity (Wildman–Crippen MR) is 79.8 cm³/mol. The maximum atomic E-state index is 5.81. The minimum Gasteiger partial charge on any atom is -0.491 e. The molecule has 1 aromatic rings. The number of hydrogen-bond donors (Lipinski definition) is 1. The number of aliphatic imine (C=N–C) groups is 1. The predicted octanol–water partition coefficient (Wildman–Crippen LogP) is 3.77. The van der Waals surface area contributed by atoms with Crippen molar-refractivity contribution >= 4 is 22.6 Å². The number of benzene rings is 1. The lowest BCUT2D eigenvalue weighted by Gasteiger charge is -2.16. The first kappa shape index (κ1) is 13.3. The Morgan fingerprint density at radius 2 is 2.39 bits per heavy atom. The molecular weight excluding hydrogens is 244 g/mol. The molecule has 1 unspecified atom stereocenters. The molecule has 0 spiro atoms. The number of nitrogens with one attached hydrogen (secondary N) is 1. The zero-order valence-corrected chi connectivity index (χ0v) is 11.8. The molecule has 1 N–H and O–H groups in total. The van der Waals surface area contributed by atoms with E-state index in [-0.39, 0.29) is 6.10 Å². The highest BCUT2D eigenvalue weighted by Gasteiger charge is 2.07. The molecule has 0 radical (unpaired) electrons. The number of amidine groups is 1. The summed E-state index contributed by atoms with van der Waals surface area (Å²) in [5.41, 5.74) is 1.05. The van der Waals surface area contributed by atoms with Crippen LogP contribution in [0.5, 0.6) is 5.75 Å². The first-order chi connectivity index (χ1) is 8.78. The molecule has 98 valence electrons. The fourth-order valence-electron chi connectivity index (χ4n) is 1.62. The molecular formula is C14H20N2OS. The molecule has 0 saturated heterocycles. The zero-order chi connectivity index (χ0) is 12.8. The van der Waals surface area contributed by atoms with Gasteiger partial charge in [0, 0.05) is 24.1 Å². The second-order valence-electron chi connectivity index (χ2n) is 4.38. The maximum Gasteiger partial charge on any atom is 0.161 e. The van der Waals surface area contributed by atoms with Crippen LogP contribution in [0.4, 0.5) is 5.69 Å². The van der Waals surface area contributed by atoms with E-state index >= 15 is 0 Å². The molecule has 0 amide bonds. The molecule has 0 aromatic heterocycles. The largest absolute Gasteiger partial charge is 0.491 e. The minimum atomic E-state index is 0.252. The Bertz CT molecular complexity index is 420. The number of nitrogens with zero attached hydrogens (tertiary/aromatic N) is 1. The Morgan fingerprint density at radius 3 is 3.11 bits per heavy atom. The van der Waals surface area contributed by atoms with E-state index in [4.69, 9.17) is 4.74 Å². The SMILES string of the molecule is CCC(C)Oc1cccc(NC2=NCCCS2)c1. The van der Waals surface area contributed by atoms with E-state index in [1.807, 2.05) is 24.3 Å². The summed E-state index contributed by atoms with van der Waals surface area (Å²) in [4.78, 5) is 4.46. The number of anilines is 1. The van der Waals surface area contributed by atoms with Gasteiger partial charge in [0.15, 0.2) is 5.17 Å². The maximum absolute atomic E-state index is 5.81. The van der Waals surface area contributed by atoms with E-state index in [0.717, 1.165) is 35.3 Å². The summed E-state index contributed by atoms with van der Waals surface area (Å²) in [6.45, 7) is 5.14. The van der Waals surface area contributed by atoms with Gasteiger partial charge in [0.25, 0.3) is 0 Å². The van der Waals surface area contributed by atoms with Crippen molar-refractivity contribution in [2.45, 2.75) is 32.8 Å². The lowest BCUT2D eigenvalue weighted by atomic mass is 10.3. The molecule has 1 aliphatic heterocycles. The third kappa shape index (κ3) is 3.95. The molecule has 0 saturated carbocycles. The van der Waals surface area contributed by atoms with Crippen molar-refractivity contribution in [3.8, 4) is 5.75 Å². The average Bonchev–Trinajstić information content (AvgIpc) is 2.40. The quantitative estimate of drug-likeness (QED) is 0.898. The highest BCUT2D eigenvalue weighted by Crippen LogP contribution is 2.21. The van der Waals surface area contributed by atoms with Gasteiger partial charge in [0.2, 0.25) is 0 Å². The monoisotopic (exact) mass is 264 g/mol. The van der Waals surface area contributed by atoms with Crippen LogP contribution in [0.1, 0.15) is 26.7 Å². The minimum absolute atomic E-state index is 0.252. The first-order valence-electron chi connectivity index (χ1n) is 6.49. The van der Waals surface area contributed by atoms with Crippen molar-refractivity contribution in [2.24, 2.45) is 4.99 Å². The van der Waals surface area contributed by atoms with Gasteiger partial charge in [0.05, 0.1) is 6.10 Å². The van der Waals surface area contributed by atoms with Gasteiger partial charge >= 0.3 is 0 Å². The highest BCUT2D eigenvalue weighted by molar-refractivity contribution is 8.14. The van der Waals surface area contributed by atoms with Crippen LogP contribution in [0, 0.1) is 0 Å². The second kappa shape index (κ2) is 6.69. The molecule has 3 nitrogen and oxygen atoms in total. The van der Waals surface area contributed by atoms with Gasteiger partial charge < -0.3 is 10.1 Å². The Morgan fingerprint density at radius 1 is 1.50 bits per heavy atom. The van der Waals surface area contributed by atoms with Gasteiger partial charge in [0.1, 0.15) is 5.75 Å². The Kier molecular flexibility index (Phi) is 4.93. The van der Waals surface area contributed by atoms with E-state index in [9.17, 15) is 0 Å². The summed E-state index contributed by atoms with van der Waals surface area (Å²) in [6, 6.07) is 8.08. The normalized spacial score (nSPS) is 16.9. The van der Waals surface area contributed by atoms with E-state index in [1.165, 1.54) is 6.42 Å². The second-order valence-corrected chi connectivity index (χ2v) is 5.46. The standard InChI is InChI=1S/C14H20N2OS/c1-3-11(2)17-13-7-4-6-12(10-13)16-14-15-8-5-9-18-14/h4,6-7,10-11H,3,5,8-9H2,1-2H3,(H,15,16). The number of rotatable bonds is 4. The summed E-state index contributed by atoms with van der Waals surface area (Å²) in [5, 5.41) is 4.36. The molecule has 18 heavy (non-hydrogen) atoms. The van der Waals surface area contributed by atoms with Gasteiger partial charge in [-0.15, -0.1) is 0 Å². The van der Waals surface area contributed by atoms with E-state index in [0.29, 0.717) is 0 Å². The van der Waals surface area contributed by atoms with Crippen molar-refractivity contribution in [3.05, 3.63) is 24.3 Å². The Labute approximate surface area is 113 Å². The number of hydrogen-bond acceptors (Lipinski definition) is 4. The molecule has 1 aromatic carbocycles. The van der Waals surface area contributed by atoms with Crippen LogP contribution in [0.15, 0.2) is 29.3 Å². The van der Waals surface area contributed by atoms with Gasteiger partial charge in [-0.3, -0.25) is 4.99 Å². The van der Waals surface area contributed by atoms with Crippen LogP contribution in [0.2, 0.25) is 0 Å². The van der Waals surface area contributed by atoms with Gasteiger partial charge in [-0.2, -0.15) is 0 Å². The lowest BCUT2D eigenvalue weighted by molar-refractivity contribution is 0.217. The summed E-state index contributed by atoms with van der Waals surface area (Å²) in [5.74, 6) is 2.06. The van der Waals surface area contributed by atoms with Crippen molar-refractivity contribution in [2.75, 3.05) is 17.6 Å². The van der Waals surface area contributed by atoms with E-state index in [2.05, 4.69) is 24.2 Å². The van der Waals surface area contributed by atoms with Crippen molar-refractivity contribution in [1.29, 1.82) is 0 Å². The van der Waals surface area contributed by atoms with Crippen LogP contribution < -0.4 is 10.1 Å². The van der Waals surface area contributed by atoms with Crippen LogP contribution in [0.3, 0.4) is 0 Å². The fourth-order valence-corrected chi connectivity index (χ4v) is 2.46. The molecule has 1 heterocycles. The lowest BCUT2D eigenvalue weighted by Crippen LogP contribution is -2.14. The molecule has 4 heteroatoms. The van der Waals surface area contributed by atoms with Crippen molar-refractivity contribution in [1.82, 2.24) is 0 Å². The van der Waals surface area contributed by atoms with Crippen LogP contribution in [-0.4, -0.2) is 23.6 Å². The first-order valence-corrected chi connectivity index (χ1v) is 7.47. The summed E-state index contributed by atoms with van der Waals surface area (Å²) in [7, 11) is 0. The average molecular weight is 264 g/mol. The third-order valence-electron chi connectivity index (χ3n) is 2.79. The molecule has 1 aliphatic rings. The Hall–Kier alpha value is -1.16. The molecule has 0 fully saturated rings. The van der Waals surface area contributed by atoms with Gasteiger partial charge in [-0.05, 0) is 31.9 Å². The zero-order valence-electron chi connectivity index (χ0n) is 11.0. The number of ether oxygens (including phenoxy) is 1. The summed E-state index contributed by atoms with van der Waals surface area (Å²) >= 11 is 1.78. The molecule has 1 atom stereocenters. The third-order valence-corrected chi connectivity index (χ3v) is 3.79. The summed E-state index contributed by atoms with van der Waals surface area (Å²) < 4.78 is 5.81. The molecule has 0 bridgehead atoms. The van der Waals surface area contributed by atoms with Gasteiger partial charge in [-0.25, -0.2) is 0 Å². The Balaban J connectivity index is 2.00.